The van der Waals surface area contributed by atoms with Gasteiger partial charge in [0, 0.05) is 45.3 Å². The van der Waals surface area contributed by atoms with Gasteiger partial charge in [-0.05, 0) is 42.9 Å². The van der Waals surface area contributed by atoms with Crippen LogP contribution in [0.5, 0.6) is 0 Å². The van der Waals surface area contributed by atoms with Crippen molar-refractivity contribution in [2.45, 2.75) is 13.8 Å². The van der Waals surface area contributed by atoms with Crippen LogP contribution in [-0.2, 0) is 4.79 Å². The van der Waals surface area contributed by atoms with Crippen LogP contribution in [0.15, 0.2) is 42.6 Å². The Bertz CT molecular complexity index is 896. The maximum Gasteiger partial charge on any atom is 0.255 e. The van der Waals surface area contributed by atoms with E-state index in [-0.39, 0.29) is 17.7 Å². The summed E-state index contributed by atoms with van der Waals surface area (Å²) in [5, 5.41) is 0. The van der Waals surface area contributed by atoms with Crippen molar-refractivity contribution in [1.82, 2.24) is 14.8 Å². The van der Waals surface area contributed by atoms with Gasteiger partial charge in [-0.2, -0.15) is 0 Å². The van der Waals surface area contributed by atoms with Gasteiger partial charge in [-0.15, -0.1) is 0 Å². The molecule has 2 aromatic rings. The monoisotopic (exact) mass is 405 g/mol. The average Bonchev–Trinajstić information content (AvgIpc) is 3.26. The number of primary amides is 1. The minimum atomic E-state index is -0.315. The number of nitrogens with zero attached hydrogens (tertiary/aromatic N) is 3. The third-order valence-electron chi connectivity index (χ3n) is 6.43. The number of rotatable bonds is 6. The van der Waals surface area contributed by atoms with Crippen LogP contribution in [-0.4, -0.2) is 59.3 Å². The molecule has 1 aromatic heterocycles. The minimum absolute atomic E-state index is 0.0893. The standard InChI is InChI=1S/C24H29N4O2/c1-16-8-9-26-17(2)22(16)24(30)28-14-20-12-27(13-21(20)15-28)11-19(23(25)29)10-18-6-4-3-5-7-18/h3-10,19-21H,11-15H2,1-2H3,(H2,25,29)/t19?,20-,21?/m0/s1. The summed E-state index contributed by atoms with van der Waals surface area (Å²) in [4.78, 5) is 33.7. The van der Waals surface area contributed by atoms with E-state index in [0.29, 0.717) is 18.4 Å². The van der Waals surface area contributed by atoms with Crippen molar-refractivity contribution in [1.29, 1.82) is 0 Å². The molecule has 2 aliphatic heterocycles. The highest BCUT2D eigenvalue weighted by Crippen LogP contribution is 2.33. The van der Waals surface area contributed by atoms with Gasteiger partial charge in [0.15, 0.2) is 0 Å². The van der Waals surface area contributed by atoms with E-state index in [0.717, 1.165) is 48.6 Å². The molecule has 1 aromatic carbocycles. The quantitative estimate of drug-likeness (QED) is 0.798. The molecule has 157 valence electrons. The van der Waals surface area contributed by atoms with Gasteiger partial charge in [0.2, 0.25) is 5.91 Å². The van der Waals surface area contributed by atoms with Crippen molar-refractivity contribution >= 4 is 11.8 Å². The summed E-state index contributed by atoms with van der Waals surface area (Å²) in [6.45, 7) is 7.80. The van der Waals surface area contributed by atoms with Crippen molar-refractivity contribution in [3.63, 3.8) is 0 Å². The zero-order chi connectivity index (χ0) is 21.3. The highest BCUT2D eigenvalue weighted by atomic mass is 16.2. The molecular formula is C24H29N4O2. The van der Waals surface area contributed by atoms with Crippen LogP contribution in [0, 0.1) is 38.0 Å². The number of amides is 2. The maximum atomic E-state index is 13.1. The van der Waals surface area contributed by atoms with E-state index in [1.54, 1.807) is 6.20 Å². The highest BCUT2D eigenvalue weighted by molar-refractivity contribution is 5.96. The van der Waals surface area contributed by atoms with Gasteiger partial charge in [0.05, 0.1) is 17.2 Å². The lowest BCUT2D eigenvalue weighted by Crippen LogP contribution is -2.38. The molecule has 2 aliphatic rings. The predicted octanol–water partition coefficient (Wildman–Crippen LogP) is 2.06. The SMILES string of the molecule is Cc1ccnc(C)c1C(=O)N1CC2CN(CC([CH]c3ccccc3)C(N)=O)C[C@H]2C1. The van der Waals surface area contributed by atoms with Gasteiger partial charge in [0.1, 0.15) is 0 Å². The molecule has 3 atom stereocenters. The van der Waals surface area contributed by atoms with Crippen LogP contribution in [0.3, 0.4) is 0 Å². The van der Waals surface area contributed by atoms with Crippen LogP contribution >= 0.6 is 0 Å². The van der Waals surface area contributed by atoms with Gasteiger partial charge in [-0.1, -0.05) is 30.3 Å². The first-order valence-corrected chi connectivity index (χ1v) is 10.6. The van der Waals surface area contributed by atoms with Crippen molar-refractivity contribution in [3.8, 4) is 0 Å². The van der Waals surface area contributed by atoms with Crippen molar-refractivity contribution in [3.05, 3.63) is 71.4 Å². The molecule has 2 N–H and O–H groups in total. The lowest BCUT2D eigenvalue weighted by Gasteiger charge is -2.25. The topological polar surface area (TPSA) is 79.5 Å². The Hall–Kier alpha value is -2.73. The molecular weight excluding hydrogens is 376 g/mol. The zero-order valence-electron chi connectivity index (χ0n) is 17.6. The van der Waals surface area contributed by atoms with Crippen LogP contribution in [0.4, 0.5) is 0 Å². The number of hydrogen-bond acceptors (Lipinski definition) is 4. The molecule has 0 bridgehead atoms. The van der Waals surface area contributed by atoms with Gasteiger partial charge in [-0.25, -0.2) is 0 Å². The Morgan fingerprint density at radius 2 is 1.77 bits per heavy atom. The van der Waals surface area contributed by atoms with E-state index in [1.807, 2.05) is 61.6 Å². The molecule has 2 amide bonds. The molecule has 2 saturated heterocycles. The van der Waals surface area contributed by atoms with Crippen molar-refractivity contribution in [2.24, 2.45) is 23.5 Å². The maximum absolute atomic E-state index is 13.1. The van der Waals surface area contributed by atoms with E-state index in [1.165, 1.54) is 0 Å². The summed E-state index contributed by atoms with van der Waals surface area (Å²) in [6.07, 6.45) is 3.71. The number of fused-ring (bicyclic) bond motifs is 1. The van der Waals surface area contributed by atoms with Gasteiger partial charge in [0.25, 0.3) is 5.91 Å². The minimum Gasteiger partial charge on any atom is -0.369 e. The molecule has 6 heteroatoms. The Morgan fingerprint density at radius 3 is 2.37 bits per heavy atom. The first-order chi connectivity index (χ1) is 14.4. The summed E-state index contributed by atoms with van der Waals surface area (Å²) in [6, 6.07) is 11.7. The first kappa shape index (κ1) is 20.5. The second-order valence-corrected chi connectivity index (χ2v) is 8.62. The van der Waals surface area contributed by atoms with E-state index in [9.17, 15) is 9.59 Å². The van der Waals surface area contributed by atoms with Gasteiger partial charge >= 0.3 is 0 Å². The Labute approximate surface area is 178 Å². The normalized spacial score (nSPS) is 22.1. The van der Waals surface area contributed by atoms with E-state index >= 15 is 0 Å². The number of aromatic nitrogens is 1. The lowest BCUT2D eigenvalue weighted by molar-refractivity contribution is -0.121. The number of benzene rings is 1. The highest BCUT2D eigenvalue weighted by Gasteiger charge is 2.42. The largest absolute Gasteiger partial charge is 0.369 e. The number of likely N-dealkylation sites (tertiary alicyclic amines) is 2. The molecule has 2 fully saturated rings. The number of carbonyl (C=O) groups is 2. The average molecular weight is 406 g/mol. The molecule has 0 saturated carbocycles. The second kappa shape index (κ2) is 8.56. The van der Waals surface area contributed by atoms with E-state index in [2.05, 4.69) is 9.88 Å². The van der Waals surface area contributed by atoms with Crippen LogP contribution in [0.25, 0.3) is 0 Å². The van der Waals surface area contributed by atoms with E-state index < -0.39 is 0 Å². The van der Waals surface area contributed by atoms with Crippen molar-refractivity contribution < 1.29 is 9.59 Å². The summed E-state index contributed by atoms with van der Waals surface area (Å²) >= 11 is 0. The number of nitrogens with two attached hydrogens (primary N) is 1. The summed E-state index contributed by atoms with van der Waals surface area (Å²) < 4.78 is 0. The smallest absolute Gasteiger partial charge is 0.255 e. The lowest BCUT2D eigenvalue weighted by atomic mass is 9.98. The fourth-order valence-electron chi connectivity index (χ4n) is 4.88. The predicted molar refractivity (Wildman–Crippen MR) is 116 cm³/mol. The number of hydrogen-bond donors (Lipinski definition) is 1. The van der Waals surface area contributed by atoms with Gasteiger partial charge < -0.3 is 15.5 Å². The fraction of sp³-hybridized carbons (Fsp3) is 0.417. The van der Waals surface area contributed by atoms with Crippen molar-refractivity contribution in [2.75, 3.05) is 32.7 Å². The molecule has 1 radical (unpaired) electrons. The molecule has 4 rings (SSSR count). The first-order valence-electron chi connectivity index (χ1n) is 10.6. The van der Waals surface area contributed by atoms with Crippen LogP contribution in [0.1, 0.15) is 27.2 Å². The molecule has 0 spiro atoms. The summed E-state index contributed by atoms with van der Waals surface area (Å²) in [7, 11) is 0. The number of pyridine rings is 1. The van der Waals surface area contributed by atoms with E-state index in [4.69, 9.17) is 5.73 Å². The summed E-state index contributed by atoms with van der Waals surface area (Å²) in [5.74, 6) is 0.361. The Balaban J connectivity index is 1.36. The third-order valence-corrected chi connectivity index (χ3v) is 6.43. The second-order valence-electron chi connectivity index (χ2n) is 8.62. The molecule has 6 nitrogen and oxygen atoms in total. The molecule has 3 heterocycles. The third kappa shape index (κ3) is 4.24. The van der Waals surface area contributed by atoms with Crippen LogP contribution < -0.4 is 5.73 Å². The number of aryl methyl sites for hydroxylation is 2. The Kier molecular flexibility index (Phi) is 5.86. The molecule has 30 heavy (non-hydrogen) atoms. The van der Waals surface area contributed by atoms with Gasteiger partial charge in [-0.3, -0.25) is 14.6 Å². The number of carbonyl (C=O) groups excluding carboxylic acids is 2. The molecule has 2 unspecified atom stereocenters. The Morgan fingerprint density at radius 1 is 1.10 bits per heavy atom. The fourth-order valence-corrected chi connectivity index (χ4v) is 4.88. The van der Waals surface area contributed by atoms with Crippen LogP contribution in [0.2, 0.25) is 0 Å². The summed E-state index contributed by atoms with van der Waals surface area (Å²) in [5.41, 5.74) is 9.20. The zero-order valence-corrected chi connectivity index (χ0v) is 17.6. The molecule has 0 aliphatic carbocycles.